The van der Waals surface area contributed by atoms with E-state index in [2.05, 4.69) is 26.5 Å². The number of hydrogen-bond acceptors (Lipinski definition) is 5. The van der Waals surface area contributed by atoms with Crippen molar-refractivity contribution in [2.24, 2.45) is 5.10 Å². The third-order valence-corrected chi connectivity index (χ3v) is 5.45. The number of ether oxygens (including phenoxy) is 1. The van der Waals surface area contributed by atoms with Gasteiger partial charge in [-0.3, -0.25) is 14.9 Å². The maximum Gasteiger partial charge on any atom is 0.288 e. The number of benzene rings is 3. The van der Waals surface area contributed by atoms with Crippen molar-refractivity contribution in [1.82, 2.24) is 5.43 Å². The van der Waals surface area contributed by atoms with Gasteiger partial charge in [-0.1, -0.05) is 54.9 Å². The average Bonchev–Trinajstić information content (AvgIpc) is 2.74. The molecule has 0 saturated heterocycles. The molecule has 0 spiro atoms. The van der Waals surface area contributed by atoms with Crippen LogP contribution in [0.25, 0.3) is 10.8 Å². The number of halogens is 2. The monoisotopic (exact) mass is 489 g/mol. The molecule has 3 rings (SSSR count). The van der Waals surface area contributed by atoms with Crippen molar-refractivity contribution in [3.63, 3.8) is 0 Å². The van der Waals surface area contributed by atoms with Gasteiger partial charge in [0.25, 0.3) is 11.6 Å². The summed E-state index contributed by atoms with van der Waals surface area (Å²) in [6.07, 6.45) is 0.964. The molecule has 0 aliphatic carbocycles. The summed E-state index contributed by atoms with van der Waals surface area (Å²) in [4.78, 5) is 22.8. The van der Waals surface area contributed by atoms with Crippen molar-refractivity contribution < 1.29 is 14.5 Å². The summed E-state index contributed by atoms with van der Waals surface area (Å²) in [6.45, 7) is 1.82. The van der Waals surface area contributed by atoms with Gasteiger partial charge in [-0.05, 0) is 45.3 Å². The van der Waals surface area contributed by atoms with Crippen LogP contribution < -0.4 is 10.2 Å². The molecule has 0 unspecified atom stereocenters. The molecular formula is C21H17BrClN3O4. The molecule has 0 saturated carbocycles. The highest BCUT2D eigenvalue weighted by molar-refractivity contribution is 9.10. The molecule has 1 N–H and O–H groups in total. The highest BCUT2D eigenvalue weighted by Crippen LogP contribution is 2.33. The first kappa shape index (κ1) is 21.7. The van der Waals surface area contributed by atoms with E-state index in [1.807, 2.05) is 37.3 Å². The average molecular weight is 491 g/mol. The molecule has 0 radical (unpaired) electrons. The third-order valence-electron chi connectivity index (χ3n) is 4.32. The van der Waals surface area contributed by atoms with Crippen LogP contribution in [0.15, 0.2) is 64.2 Å². The molecule has 1 atom stereocenters. The number of carbonyl (C=O) groups is 1. The summed E-state index contributed by atoms with van der Waals surface area (Å²) < 4.78 is 6.66. The Morgan fingerprint density at radius 3 is 2.80 bits per heavy atom. The standard InChI is InChI=1S/C21H17BrClN3O4/c1-2-18(30-19-10-8-14-5-3-4-6-15(14)20(19)22)21(27)25-24-12-13-7-9-16(23)17(11-13)26(28)29/h3-12,18H,2H2,1H3,(H,25,27)/b24-12-/t18-/m1/s1. The quantitative estimate of drug-likeness (QED) is 0.270. The second kappa shape index (κ2) is 9.69. The lowest BCUT2D eigenvalue weighted by Crippen LogP contribution is -2.35. The molecule has 30 heavy (non-hydrogen) atoms. The van der Waals surface area contributed by atoms with Crippen LogP contribution in [-0.2, 0) is 4.79 Å². The van der Waals surface area contributed by atoms with Gasteiger partial charge >= 0.3 is 0 Å². The Bertz CT molecular complexity index is 1140. The van der Waals surface area contributed by atoms with Crippen LogP contribution >= 0.6 is 27.5 Å². The van der Waals surface area contributed by atoms with Gasteiger partial charge in [0.05, 0.1) is 15.6 Å². The minimum Gasteiger partial charge on any atom is -0.479 e. The third kappa shape index (κ3) is 4.95. The van der Waals surface area contributed by atoms with Gasteiger partial charge in [-0.25, -0.2) is 5.43 Å². The Kier molecular flexibility index (Phi) is 7.02. The molecule has 3 aromatic carbocycles. The highest BCUT2D eigenvalue weighted by Gasteiger charge is 2.20. The van der Waals surface area contributed by atoms with Crippen molar-refractivity contribution >= 4 is 56.1 Å². The molecule has 9 heteroatoms. The number of nitro groups is 1. The van der Waals surface area contributed by atoms with Crippen molar-refractivity contribution in [3.8, 4) is 5.75 Å². The van der Waals surface area contributed by atoms with Gasteiger partial charge in [0, 0.05) is 11.6 Å². The summed E-state index contributed by atoms with van der Waals surface area (Å²) in [5, 5.41) is 16.9. The Morgan fingerprint density at radius 1 is 1.30 bits per heavy atom. The lowest BCUT2D eigenvalue weighted by molar-refractivity contribution is -0.384. The van der Waals surface area contributed by atoms with Crippen LogP contribution in [0.1, 0.15) is 18.9 Å². The number of hydrogen-bond donors (Lipinski definition) is 1. The van der Waals surface area contributed by atoms with Crippen molar-refractivity contribution in [2.75, 3.05) is 0 Å². The second-order valence-corrected chi connectivity index (χ2v) is 7.52. The number of hydrazone groups is 1. The summed E-state index contributed by atoms with van der Waals surface area (Å²) >= 11 is 9.33. The minimum atomic E-state index is -0.765. The lowest BCUT2D eigenvalue weighted by Gasteiger charge is -2.17. The van der Waals surface area contributed by atoms with E-state index in [-0.39, 0.29) is 10.7 Å². The van der Waals surface area contributed by atoms with Gasteiger partial charge < -0.3 is 4.74 Å². The topological polar surface area (TPSA) is 93.8 Å². The van der Waals surface area contributed by atoms with Crippen molar-refractivity contribution in [1.29, 1.82) is 0 Å². The number of nitro benzene ring substituents is 1. The fraction of sp³-hybridized carbons (Fsp3) is 0.143. The summed E-state index contributed by atoms with van der Waals surface area (Å²) in [7, 11) is 0. The van der Waals surface area contributed by atoms with E-state index in [0.29, 0.717) is 17.7 Å². The van der Waals surface area contributed by atoms with Crippen LogP contribution in [-0.4, -0.2) is 23.1 Å². The molecule has 3 aromatic rings. The van der Waals surface area contributed by atoms with Gasteiger partial charge in [-0.15, -0.1) is 0 Å². The van der Waals surface area contributed by atoms with Crippen LogP contribution in [0.5, 0.6) is 5.75 Å². The van der Waals surface area contributed by atoms with Gasteiger partial charge in [-0.2, -0.15) is 5.10 Å². The Labute approximate surface area is 186 Å². The Morgan fingerprint density at radius 2 is 2.07 bits per heavy atom. The van der Waals surface area contributed by atoms with E-state index in [4.69, 9.17) is 16.3 Å². The largest absolute Gasteiger partial charge is 0.479 e. The number of amides is 1. The van der Waals surface area contributed by atoms with E-state index in [1.54, 1.807) is 12.1 Å². The molecule has 0 aliphatic rings. The normalized spacial score (nSPS) is 12.1. The zero-order chi connectivity index (χ0) is 21.7. The molecule has 0 aromatic heterocycles. The highest BCUT2D eigenvalue weighted by atomic mass is 79.9. The molecule has 1 amide bonds. The molecule has 0 heterocycles. The summed E-state index contributed by atoms with van der Waals surface area (Å²) in [5.41, 5.74) is 2.60. The zero-order valence-electron chi connectivity index (χ0n) is 15.8. The van der Waals surface area contributed by atoms with Crippen LogP contribution in [0.2, 0.25) is 5.02 Å². The molecule has 154 valence electrons. The molecule has 0 fully saturated rings. The second-order valence-electron chi connectivity index (χ2n) is 6.32. The van der Waals surface area contributed by atoms with Crippen LogP contribution in [0, 0.1) is 10.1 Å². The van der Waals surface area contributed by atoms with E-state index < -0.39 is 16.9 Å². The van der Waals surface area contributed by atoms with Crippen LogP contribution in [0.3, 0.4) is 0 Å². The minimum absolute atomic E-state index is 0.0293. The molecule has 0 aliphatic heterocycles. The first-order valence-corrected chi connectivity index (χ1v) is 10.2. The number of carbonyl (C=O) groups excluding carboxylic acids is 1. The maximum atomic E-state index is 12.5. The van der Waals surface area contributed by atoms with Gasteiger partial charge in [0.15, 0.2) is 6.10 Å². The van der Waals surface area contributed by atoms with E-state index in [0.717, 1.165) is 15.2 Å². The predicted octanol–water partition coefficient (Wildman–Crippen LogP) is 5.47. The predicted molar refractivity (Wildman–Crippen MR) is 120 cm³/mol. The number of fused-ring (bicyclic) bond motifs is 1. The van der Waals surface area contributed by atoms with E-state index in [9.17, 15) is 14.9 Å². The Balaban J connectivity index is 1.70. The van der Waals surface area contributed by atoms with Gasteiger partial charge in [0.1, 0.15) is 10.8 Å². The Hall–Kier alpha value is -2.97. The number of rotatable bonds is 7. The fourth-order valence-electron chi connectivity index (χ4n) is 2.77. The lowest BCUT2D eigenvalue weighted by atomic mass is 10.1. The molecular weight excluding hydrogens is 474 g/mol. The first-order chi connectivity index (χ1) is 14.4. The van der Waals surface area contributed by atoms with E-state index in [1.165, 1.54) is 18.3 Å². The maximum absolute atomic E-state index is 12.5. The fourth-order valence-corrected chi connectivity index (χ4v) is 3.55. The van der Waals surface area contributed by atoms with Gasteiger partial charge in [0.2, 0.25) is 0 Å². The zero-order valence-corrected chi connectivity index (χ0v) is 18.2. The van der Waals surface area contributed by atoms with Crippen molar-refractivity contribution in [3.05, 3.63) is 79.8 Å². The summed E-state index contributed by atoms with van der Waals surface area (Å²) in [5.74, 6) is 0.116. The number of nitrogens with zero attached hydrogens (tertiary/aromatic N) is 2. The number of nitrogens with one attached hydrogen (secondary N) is 1. The van der Waals surface area contributed by atoms with Crippen molar-refractivity contribution in [2.45, 2.75) is 19.4 Å². The molecule has 0 bridgehead atoms. The van der Waals surface area contributed by atoms with Crippen LogP contribution in [0.4, 0.5) is 5.69 Å². The molecule has 7 nitrogen and oxygen atoms in total. The SMILES string of the molecule is CC[C@@H](Oc1ccc2ccccc2c1Br)C(=O)N/N=C\c1ccc(Cl)c([N+](=O)[O-])c1. The van der Waals surface area contributed by atoms with E-state index >= 15 is 0 Å². The first-order valence-electron chi connectivity index (χ1n) is 9.01. The summed E-state index contributed by atoms with van der Waals surface area (Å²) in [6, 6.07) is 15.8. The smallest absolute Gasteiger partial charge is 0.288 e.